The van der Waals surface area contributed by atoms with E-state index in [0.717, 1.165) is 0 Å². The first-order valence-electron chi connectivity index (χ1n) is 8.47. The van der Waals surface area contributed by atoms with Crippen molar-refractivity contribution in [1.82, 2.24) is 15.5 Å². The maximum Gasteiger partial charge on any atom is 0.410 e. The molecule has 2 N–H and O–H groups in total. The SMILES string of the molecule is CCNC(=NCC(C)(C)S(C)(=O)=O)NC1CN(C(=O)OC(C)(C)C)C1. The van der Waals surface area contributed by atoms with Crippen LogP contribution in [0, 0.1) is 0 Å². The summed E-state index contributed by atoms with van der Waals surface area (Å²) in [5.74, 6) is 0.549. The van der Waals surface area contributed by atoms with Gasteiger partial charge in [-0.05, 0) is 41.5 Å². The van der Waals surface area contributed by atoms with Gasteiger partial charge in [0, 0.05) is 25.9 Å². The van der Waals surface area contributed by atoms with Crippen LogP contribution in [0.1, 0.15) is 41.5 Å². The molecule has 9 heteroatoms. The Morgan fingerprint density at radius 1 is 1.24 bits per heavy atom. The number of guanidine groups is 1. The lowest BCUT2D eigenvalue weighted by molar-refractivity contribution is 0.00700. The zero-order valence-electron chi connectivity index (χ0n) is 16.3. The summed E-state index contributed by atoms with van der Waals surface area (Å²) in [4.78, 5) is 17.9. The molecule has 0 spiro atoms. The van der Waals surface area contributed by atoms with Crippen molar-refractivity contribution < 1.29 is 17.9 Å². The summed E-state index contributed by atoms with van der Waals surface area (Å²) >= 11 is 0. The fourth-order valence-corrected chi connectivity index (χ4v) is 2.24. The number of rotatable bonds is 5. The highest BCUT2D eigenvalue weighted by Gasteiger charge is 2.34. The lowest BCUT2D eigenvalue weighted by Crippen LogP contribution is -2.63. The number of nitrogens with zero attached hydrogens (tertiary/aromatic N) is 2. The third-order valence-corrected chi connectivity index (χ3v) is 5.98. The van der Waals surface area contributed by atoms with Gasteiger partial charge >= 0.3 is 6.09 Å². The van der Waals surface area contributed by atoms with Crippen LogP contribution >= 0.6 is 0 Å². The number of nitrogens with one attached hydrogen (secondary N) is 2. The highest BCUT2D eigenvalue weighted by atomic mass is 32.2. The molecule has 0 bridgehead atoms. The summed E-state index contributed by atoms with van der Waals surface area (Å²) < 4.78 is 27.9. The number of ether oxygens (including phenoxy) is 1. The van der Waals surface area contributed by atoms with Crippen LogP contribution in [0.25, 0.3) is 0 Å². The van der Waals surface area contributed by atoms with E-state index in [9.17, 15) is 13.2 Å². The van der Waals surface area contributed by atoms with Crippen LogP contribution in [0.3, 0.4) is 0 Å². The van der Waals surface area contributed by atoms with E-state index >= 15 is 0 Å². The third-order valence-electron chi connectivity index (χ3n) is 3.84. The Labute approximate surface area is 151 Å². The van der Waals surface area contributed by atoms with Crippen molar-refractivity contribution in [3.05, 3.63) is 0 Å². The first-order chi connectivity index (χ1) is 11.2. The molecular formula is C16H32N4O4S. The Hall–Kier alpha value is -1.51. The first-order valence-corrected chi connectivity index (χ1v) is 10.4. The van der Waals surface area contributed by atoms with Gasteiger partial charge in [-0.2, -0.15) is 0 Å². The quantitative estimate of drug-likeness (QED) is 0.548. The second-order valence-corrected chi connectivity index (χ2v) is 10.6. The summed E-state index contributed by atoms with van der Waals surface area (Å²) in [6.07, 6.45) is 0.888. The monoisotopic (exact) mass is 376 g/mol. The van der Waals surface area contributed by atoms with Gasteiger partial charge in [-0.25, -0.2) is 13.2 Å². The minimum atomic E-state index is -3.20. The molecule has 1 rings (SSSR count). The number of likely N-dealkylation sites (tertiary alicyclic amines) is 1. The van der Waals surface area contributed by atoms with Crippen molar-refractivity contribution >= 4 is 21.9 Å². The molecule has 0 aromatic carbocycles. The zero-order chi connectivity index (χ0) is 19.5. The van der Waals surface area contributed by atoms with E-state index in [1.54, 1.807) is 18.7 Å². The van der Waals surface area contributed by atoms with E-state index in [0.29, 0.717) is 25.6 Å². The zero-order valence-corrected chi connectivity index (χ0v) is 17.2. The second-order valence-electron chi connectivity index (χ2n) is 7.95. The summed E-state index contributed by atoms with van der Waals surface area (Å²) in [6.45, 7) is 12.6. The van der Waals surface area contributed by atoms with Gasteiger partial charge in [-0.15, -0.1) is 0 Å². The molecule has 25 heavy (non-hydrogen) atoms. The topological polar surface area (TPSA) is 100 Å². The highest BCUT2D eigenvalue weighted by molar-refractivity contribution is 7.92. The Bertz CT molecular complexity index is 602. The smallest absolute Gasteiger partial charge is 0.410 e. The van der Waals surface area contributed by atoms with Crippen LogP contribution in [0.5, 0.6) is 0 Å². The summed E-state index contributed by atoms with van der Waals surface area (Å²) in [7, 11) is -3.20. The molecule has 146 valence electrons. The number of sulfone groups is 1. The average Bonchev–Trinajstić information content (AvgIpc) is 2.35. The van der Waals surface area contributed by atoms with Crippen molar-refractivity contribution in [2.45, 2.75) is 57.9 Å². The summed E-state index contributed by atoms with van der Waals surface area (Å²) in [5, 5.41) is 6.32. The second kappa shape index (κ2) is 7.80. The predicted octanol–water partition coefficient (Wildman–Crippen LogP) is 0.984. The van der Waals surface area contributed by atoms with Gasteiger partial charge in [-0.3, -0.25) is 4.99 Å². The molecule has 1 heterocycles. The van der Waals surface area contributed by atoms with Crippen molar-refractivity contribution in [2.24, 2.45) is 4.99 Å². The maximum atomic E-state index is 11.9. The van der Waals surface area contributed by atoms with E-state index in [1.807, 2.05) is 27.7 Å². The number of carbonyl (C=O) groups excluding carboxylic acids is 1. The largest absolute Gasteiger partial charge is 0.444 e. The molecule has 0 saturated carbocycles. The van der Waals surface area contributed by atoms with Crippen LogP contribution in [0.15, 0.2) is 4.99 Å². The van der Waals surface area contributed by atoms with E-state index in [4.69, 9.17) is 4.74 Å². The van der Waals surface area contributed by atoms with Crippen LogP contribution < -0.4 is 10.6 Å². The van der Waals surface area contributed by atoms with Gasteiger partial charge in [-0.1, -0.05) is 0 Å². The summed E-state index contributed by atoms with van der Waals surface area (Å²) in [6, 6.07) is 0.0617. The normalized spacial score (nSPS) is 17.1. The number of amides is 1. The molecule has 1 saturated heterocycles. The lowest BCUT2D eigenvalue weighted by Gasteiger charge is -2.40. The molecule has 0 aliphatic carbocycles. The molecule has 0 radical (unpaired) electrons. The van der Waals surface area contributed by atoms with E-state index in [-0.39, 0.29) is 18.7 Å². The Balaban J connectivity index is 2.58. The molecule has 0 unspecified atom stereocenters. The summed E-state index contributed by atoms with van der Waals surface area (Å²) in [5.41, 5.74) is -0.511. The fraction of sp³-hybridized carbons (Fsp3) is 0.875. The molecule has 1 amide bonds. The van der Waals surface area contributed by atoms with Gasteiger partial charge in [0.25, 0.3) is 0 Å². The number of hydrogen-bond donors (Lipinski definition) is 2. The van der Waals surface area contributed by atoms with Crippen molar-refractivity contribution in [1.29, 1.82) is 0 Å². The molecule has 0 atom stereocenters. The fourth-order valence-electron chi connectivity index (χ4n) is 1.95. The van der Waals surface area contributed by atoms with Gasteiger partial charge in [0.2, 0.25) is 0 Å². The van der Waals surface area contributed by atoms with Crippen molar-refractivity contribution in [2.75, 3.05) is 32.4 Å². The molecule has 0 aromatic heterocycles. The van der Waals surface area contributed by atoms with E-state index < -0.39 is 20.2 Å². The minimum Gasteiger partial charge on any atom is -0.444 e. The number of carbonyl (C=O) groups is 1. The Morgan fingerprint density at radius 2 is 1.80 bits per heavy atom. The molecule has 1 fully saturated rings. The van der Waals surface area contributed by atoms with Crippen LogP contribution in [-0.4, -0.2) is 74.2 Å². The Morgan fingerprint density at radius 3 is 2.24 bits per heavy atom. The highest BCUT2D eigenvalue weighted by Crippen LogP contribution is 2.16. The molecule has 8 nitrogen and oxygen atoms in total. The average molecular weight is 377 g/mol. The van der Waals surface area contributed by atoms with Crippen LogP contribution in [-0.2, 0) is 14.6 Å². The van der Waals surface area contributed by atoms with Crippen LogP contribution in [0.4, 0.5) is 4.79 Å². The Kier molecular flexibility index (Phi) is 6.72. The molecule has 1 aliphatic heterocycles. The molecule has 1 aliphatic rings. The first kappa shape index (κ1) is 21.5. The standard InChI is InChI=1S/C16H32N4O4S/c1-8-17-13(18-11-16(5,6)25(7,22)23)19-12-9-20(10-12)14(21)24-15(2,3)4/h12H,8-11H2,1-7H3,(H2,17,18,19). The lowest BCUT2D eigenvalue weighted by atomic mass is 10.1. The third kappa shape index (κ3) is 6.72. The van der Waals surface area contributed by atoms with Gasteiger partial charge in [0.1, 0.15) is 5.60 Å². The minimum absolute atomic E-state index is 0.0617. The van der Waals surface area contributed by atoms with Gasteiger partial charge in [0.15, 0.2) is 15.8 Å². The van der Waals surface area contributed by atoms with Crippen LogP contribution in [0.2, 0.25) is 0 Å². The number of hydrogen-bond acceptors (Lipinski definition) is 5. The number of aliphatic imine (C=N–C) groups is 1. The van der Waals surface area contributed by atoms with Crippen molar-refractivity contribution in [3.8, 4) is 0 Å². The van der Waals surface area contributed by atoms with Crippen molar-refractivity contribution in [3.63, 3.8) is 0 Å². The molecular weight excluding hydrogens is 344 g/mol. The molecule has 0 aromatic rings. The maximum absolute atomic E-state index is 11.9. The van der Waals surface area contributed by atoms with Gasteiger partial charge < -0.3 is 20.3 Å². The van der Waals surface area contributed by atoms with Gasteiger partial charge in [0.05, 0.1) is 17.3 Å². The predicted molar refractivity (Wildman–Crippen MR) is 99.6 cm³/mol. The van der Waals surface area contributed by atoms with E-state index in [1.165, 1.54) is 6.26 Å². The van der Waals surface area contributed by atoms with E-state index in [2.05, 4.69) is 15.6 Å².